The van der Waals surface area contributed by atoms with Crippen LogP contribution in [-0.4, -0.2) is 29.1 Å². The third kappa shape index (κ3) is 3.62. The van der Waals surface area contributed by atoms with Crippen LogP contribution < -0.4 is 0 Å². The minimum atomic E-state index is 1.06. The summed E-state index contributed by atoms with van der Waals surface area (Å²) in [6.45, 7) is 5.76. The lowest BCUT2D eigenvalue weighted by Gasteiger charge is -2.13. The molecule has 0 aliphatic carbocycles. The summed E-state index contributed by atoms with van der Waals surface area (Å²) in [6, 6.07) is 20.3. The van der Waals surface area contributed by atoms with Crippen LogP contribution in [0.25, 0.3) is 10.9 Å². The van der Waals surface area contributed by atoms with Gasteiger partial charge in [-0.3, -0.25) is 4.57 Å². The SMILES string of the molecule is Cc1ccc(C#Cn2cc(CCN3CCCC3)c3ccccc32)cc1. The molecule has 0 atom stereocenters. The molecule has 2 aromatic carbocycles. The highest BCUT2D eigenvalue weighted by Crippen LogP contribution is 2.22. The summed E-state index contributed by atoms with van der Waals surface area (Å²) in [5, 5.41) is 1.33. The van der Waals surface area contributed by atoms with Crippen LogP contribution >= 0.6 is 0 Å². The Labute approximate surface area is 150 Å². The maximum absolute atomic E-state index is 3.32. The molecule has 2 heteroatoms. The molecular formula is C23H24N2. The largest absolute Gasteiger partial charge is 0.303 e. The Bertz CT molecular complexity index is 916. The van der Waals surface area contributed by atoms with Crippen molar-refractivity contribution in [3.05, 3.63) is 71.4 Å². The molecule has 1 saturated heterocycles. The van der Waals surface area contributed by atoms with Crippen molar-refractivity contribution in [1.29, 1.82) is 0 Å². The zero-order chi connectivity index (χ0) is 17.1. The highest BCUT2D eigenvalue weighted by molar-refractivity contribution is 5.84. The van der Waals surface area contributed by atoms with Crippen LogP contribution in [0.2, 0.25) is 0 Å². The summed E-state index contributed by atoms with van der Waals surface area (Å²) < 4.78 is 2.09. The van der Waals surface area contributed by atoms with Crippen molar-refractivity contribution in [1.82, 2.24) is 9.47 Å². The van der Waals surface area contributed by atoms with E-state index in [4.69, 9.17) is 0 Å². The van der Waals surface area contributed by atoms with E-state index in [0.717, 1.165) is 18.5 Å². The van der Waals surface area contributed by atoms with Crippen LogP contribution in [0.4, 0.5) is 0 Å². The number of hydrogen-bond acceptors (Lipinski definition) is 1. The van der Waals surface area contributed by atoms with Gasteiger partial charge >= 0.3 is 0 Å². The third-order valence-corrected chi connectivity index (χ3v) is 5.06. The van der Waals surface area contributed by atoms with Gasteiger partial charge in [-0.05, 0) is 69.0 Å². The Morgan fingerprint density at radius 3 is 2.52 bits per heavy atom. The van der Waals surface area contributed by atoms with E-state index in [1.807, 2.05) is 0 Å². The van der Waals surface area contributed by atoms with Crippen molar-refractivity contribution in [3.8, 4) is 12.0 Å². The lowest BCUT2D eigenvalue weighted by atomic mass is 10.1. The van der Waals surface area contributed by atoms with Crippen molar-refractivity contribution in [2.24, 2.45) is 0 Å². The number of para-hydroxylation sites is 1. The van der Waals surface area contributed by atoms with E-state index < -0.39 is 0 Å². The lowest BCUT2D eigenvalue weighted by Crippen LogP contribution is -2.21. The molecule has 1 aliphatic rings. The molecule has 1 aromatic heterocycles. The number of benzene rings is 2. The first kappa shape index (κ1) is 16.0. The molecule has 0 saturated carbocycles. The Morgan fingerprint density at radius 2 is 1.72 bits per heavy atom. The van der Waals surface area contributed by atoms with E-state index in [2.05, 4.69) is 83.1 Å². The maximum atomic E-state index is 3.32. The van der Waals surface area contributed by atoms with Gasteiger partial charge in [0.15, 0.2) is 0 Å². The second-order valence-corrected chi connectivity index (χ2v) is 6.94. The van der Waals surface area contributed by atoms with E-state index in [1.165, 1.54) is 48.0 Å². The van der Waals surface area contributed by atoms with Crippen molar-refractivity contribution in [2.75, 3.05) is 19.6 Å². The Kier molecular flexibility index (Phi) is 4.59. The molecule has 4 rings (SSSR count). The van der Waals surface area contributed by atoms with Gasteiger partial charge in [-0.2, -0.15) is 0 Å². The Morgan fingerprint density at radius 1 is 0.960 bits per heavy atom. The Hall–Kier alpha value is -2.50. The predicted molar refractivity (Wildman–Crippen MR) is 105 cm³/mol. The predicted octanol–water partition coefficient (Wildman–Crippen LogP) is 4.45. The number of aromatic nitrogens is 1. The van der Waals surface area contributed by atoms with Crippen molar-refractivity contribution >= 4 is 10.9 Å². The summed E-state index contributed by atoms with van der Waals surface area (Å²) in [4.78, 5) is 2.57. The molecule has 0 radical (unpaired) electrons. The first-order valence-corrected chi connectivity index (χ1v) is 9.20. The van der Waals surface area contributed by atoms with Gasteiger partial charge in [-0.25, -0.2) is 0 Å². The van der Waals surface area contributed by atoms with E-state index in [9.17, 15) is 0 Å². The second-order valence-electron chi connectivity index (χ2n) is 6.94. The molecule has 126 valence electrons. The quantitative estimate of drug-likeness (QED) is 0.645. The average Bonchev–Trinajstić information content (AvgIpc) is 3.27. The van der Waals surface area contributed by atoms with Gasteiger partial charge in [0.05, 0.1) is 5.52 Å². The first-order valence-electron chi connectivity index (χ1n) is 9.20. The molecule has 2 heterocycles. The number of rotatable bonds is 3. The van der Waals surface area contributed by atoms with Crippen LogP contribution in [0.3, 0.4) is 0 Å². The molecule has 2 nitrogen and oxygen atoms in total. The summed E-state index contributed by atoms with van der Waals surface area (Å²) in [6.07, 6.45) is 6.02. The maximum Gasteiger partial charge on any atom is 0.0614 e. The summed E-state index contributed by atoms with van der Waals surface area (Å²) in [7, 11) is 0. The molecule has 1 aliphatic heterocycles. The van der Waals surface area contributed by atoms with E-state index in [-0.39, 0.29) is 0 Å². The highest BCUT2D eigenvalue weighted by atomic mass is 15.1. The fourth-order valence-electron chi connectivity index (χ4n) is 3.59. The fraction of sp³-hybridized carbons (Fsp3) is 0.304. The standard InChI is InChI=1S/C23H24N2/c1-19-8-10-20(11-9-19)12-17-25-18-21(13-16-24-14-4-5-15-24)22-6-2-3-7-23(22)25/h2-3,6-11,18H,4-5,13-16H2,1H3. The van der Waals surface area contributed by atoms with Crippen LogP contribution in [0.15, 0.2) is 54.7 Å². The van der Waals surface area contributed by atoms with Gasteiger partial charge in [-0.1, -0.05) is 35.9 Å². The average molecular weight is 328 g/mol. The number of hydrogen-bond donors (Lipinski definition) is 0. The lowest BCUT2D eigenvalue weighted by molar-refractivity contribution is 0.344. The summed E-state index contributed by atoms with van der Waals surface area (Å²) in [5.41, 5.74) is 4.93. The van der Waals surface area contributed by atoms with Crippen LogP contribution in [0, 0.1) is 18.9 Å². The first-order chi connectivity index (χ1) is 12.3. The zero-order valence-corrected chi connectivity index (χ0v) is 14.8. The van der Waals surface area contributed by atoms with Gasteiger partial charge in [-0.15, -0.1) is 0 Å². The monoisotopic (exact) mass is 328 g/mol. The minimum absolute atomic E-state index is 1.06. The molecule has 0 unspecified atom stereocenters. The fourth-order valence-corrected chi connectivity index (χ4v) is 3.59. The van der Waals surface area contributed by atoms with Crippen LogP contribution in [0.1, 0.15) is 29.5 Å². The van der Waals surface area contributed by atoms with Gasteiger partial charge < -0.3 is 4.90 Å². The summed E-state index contributed by atoms with van der Waals surface area (Å²) >= 11 is 0. The molecule has 0 amide bonds. The van der Waals surface area contributed by atoms with E-state index in [1.54, 1.807) is 0 Å². The van der Waals surface area contributed by atoms with E-state index in [0.29, 0.717) is 0 Å². The van der Waals surface area contributed by atoms with Gasteiger partial charge in [0.25, 0.3) is 0 Å². The molecule has 0 spiro atoms. The molecular weight excluding hydrogens is 304 g/mol. The van der Waals surface area contributed by atoms with Crippen LogP contribution in [0.5, 0.6) is 0 Å². The topological polar surface area (TPSA) is 8.17 Å². The van der Waals surface area contributed by atoms with Crippen LogP contribution in [-0.2, 0) is 6.42 Å². The molecule has 1 fully saturated rings. The number of likely N-dealkylation sites (tertiary alicyclic amines) is 1. The van der Waals surface area contributed by atoms with Gasteiger partial charge in [0, 0.05) is 29.7 Å². The van der Waals surface area contributed by atoms with Crippen molar-refractivity contribution < 1.29 is 0 Å². The van der Waals surface area contributed by atoms with Gasteiger partial charge in [0.2, 0.25) is 0 Å². The van der Waals surface area contributed by atoms with Crippen molar-refractivity contribution in [3.63, 3.8) is 0 Å². The number of fused-ring (bicyclic) bond motifs is 1. The molecule has 0 N–H and O–H groups in total. The molecule has 25 heavy (non-hydrogen) atoms. The molecule has 3 aromatic rings. The third-order valence-electron chi connectivity index (χ3n) is 5.06. The second kappa shape index (κ2) is 7.17. The number of nitrogens with zero attached hydrogens (tertiary/aromatic N) is 2. The summed E-state index contributed by atoms with van der Waals surface area (Å²) in [5.74, 6) is 3.29. The highest BCUT2D eigenvalue weighted by Gasteiger charge is 2.13. The number of aryl methyl sites for hydroxylation is 1. The minimum Gasteiger partial charge on any atom is -0.303 e. The molecule has 0 bridgehead atoms. The van der Waals surface area contributed by atoms with Gasteiger partial charge in [0.1, 0.15) is 0 Å². The zero-order valence-electron chi connectivity index (χ0n) is 14.8. The normalized spacial score (nSPS) is 14.6. The van der Waals surface area contributed by atoms with Crippen molar-refractivity contribution in [2.45, 2.75) is 26.2 Å². The Balaban J connectivity index is 1.61. The van der Waals surface area contributed by atoms with E-state index >= 15 is 0 Å². The smallest absolute Gasteiger partial charge is 0.0614 e.